The standard InChI is InChI=1S/C17H18N4OS/c1-11(20-15-9-14(22-3)6-8-19-15)16-12(2)21-17(23-16)13-5-4-7-18-10-13/h4-11H,1-3H3,(H,19,20)/t11-/m1/s1. The molecule has 118 valence electrons. The summed E-state index contributed by atoms with van der Waals surface area (Å²) in [5.41, 5.74) is 2.07. The number of anilines is 1. The van der Waals surface area contributed by atoms with Crippen molar-refractivity contribution in [3.05, 3.63) is 53.4 Å². The number of nitrogens with zero attached hydrogens (tertiary/aromatic N) is 3. The molecule has 0 saturated heterocycles. The minimum Gasteiger partial charge on any atom is -0.497 e. The molecule has 0 bridgehead atoms. The number of pyridine rings is 2. The Labute approximate surface area is 139 Å². The molecule has 0 fully saturated rings. The van der Waals surface area contributed by atoms with Gasteiger partial charge in [-0.15, -0.1) is 11.3 Å². The van der Waals surface area contributed by atoms with Gasteiger partial charge in [0.05, 0.1) is 18.8 Å². The summed E-state index contributed by atoms with van der Waals surface area (Å²) in [5.74, 6) is 1.57. The number of hydrogen-bond acceptors (Lipinski definition) is 6. The van der Waals surface area contributed by atoms with Crippen LogP contribution >= 0.6 is 11.3 Å². The molecule has 0 aliphatic rings. The average molecular weight is 326 g/mol. The molecular weight excluding hydrogens is 308 g/mol. The lowest BCUT2D eigenvalue weighted by molar-refractivity contribution is 0.414. The predicted octanol–water partition coefficient (Wildman–Crippen LogP) is 4.09. The fraction of sp³-hybridized carbons (Fsp3) is 0.235. The van der Waals surface area contributed by atoms with Crippen molar-refractivity contribution in [2.75, 3.05) is 12.4 Å². The second kappa shape index (κ2) is 6.75. The zero-order valence-corrected chi connectivity index (χ0v) is 14.1. The van der Waals surface area contributed by atoms with E-state index in [-0.39, 0.29) is 6.04 Å². The van der Waals surface area contributed by atoms with E-state index in [0.717, 1.165) is 27.8 Å². The highest BCUT2D eigenvalue weighted by molar-refractivity contribution is 7.15. The van der Waals surface area contributed by atoms with E-state index in [1.165, 1.54) is 4.88 Å². The molecule has 3 rings (SSSR count). The first-order valence-electron chi connectivity index (χ1n) is 7.31. The lowest BCUT2D eigenvalue weighted by Gasteiger charge is -2.14. The number of aromatic nitrogens is 3. The Bertz CT molecular complexity index is 788. The molecular formula is C17H18N4OS. The minimum absolute atomic E-state index is 0.109. The third-order valence-corrected chi connectivity index (χ3v) is 4.85. The maximum Gasteiger partial charge on any atom is 0.130 e. The van der Waals surface area contributed by atoms with E-state index >= 15 is 0 Å². The first-order valence-corrected chi connectivity index (χ1v) is 8.13. The molecule has 1 N–H and O–H groups in total. The summed E-state index contributed by atoms with van der Waals surface area (Å²) in [6.45, 7) is 4.14. The molecule has 0 aliphatic heterocycles. The van der Waals surface area contributed by atoms with Crippen LogP contribution in [0.4, 0.5) is 5.82 Å². The second-order valence-electron chi connectivity index (χ2n) is 5.16. The molecule has 0 saturated carbocycles. The van der Waals surface area contributed by atoms with E-state index < -0.39 is 0 Å². The summed E-state index contributed by atoms with van der Waals surface area (Å²) in [6.07, 6.45) is 5.34. The van der Waals surface area contributed by atoms with Gasteiger partial charge >= 0.3 is 0 Å². The van der Waals surface area contributed by atoms with Crippen molar-refractivity contribution in [2.24, 2.45) is 0 Å². The maximum absolute atomic E-state index is 5.23. The summed E-state index contributed by atoms with van der Waals surface area (Å²) in [6, 6.07) is 7.77. The van der Waals surface area contributed by atoms with Gasteiger partial charge in [0.15, 0.2) is 0 Å². The number of thiazole rings is 1. The van der Waals surface area contributed by atoms with Crippen LogP contribution in [0.2, 0.25) is 0 Å². The minimum atomic E-state index is 0.109. The van der Waals surface area contributed by atoms with Gasteiger partial charge in [0, 0.05) is 35.1 Å². The van der Waals surface area contributed by atoms with Gasteiger partial charge in [-0.1, -0.05) is 0 Å². The fourth-order valence-corrected chi connectivity index (χ4v) is 3.39. The van der Waals surface area contributed by atoms with Gasteiger partial charge in [-0.25, -0.2) is 9.97 Å². The normalized spacial score (nSPS) is 12.0. The smallest absolute Gasteiger partial charge is 0.130 e. The number of aryl methyl sites for hydroxylation is 1. The van der Waals surface area contributed by atoms with Crippen LogP contribution < -0.4 is 10.1 Å². The Morgan fingerprint density at radius 1 is 1.26 bits per heavy atom. The molecule has 1 atom stereocenters. The van der Waals surface area contributed by atoms with Crippen molar-refractivity contribution in [3.8, 4) is 16.3 Å². The molecule has 5 nitrogen and oxygen atoms in total. The van der Waals surface area contributed by atoms with E-state index in [1.54, 1.807) is 30.8 Å². The van der Waals surface area contributed by atoms with Crippen LogP contribution in [0.5, 0.6) is 5.75 Å². The summed E-state index contributed by atoms with van der Waals surface area (Å²) in [7, 11) is 1.65. The summed E-state index contributed by atoms with van der Waals surface area (Å²) >= 11 is 1.68. The molecule has 0 amide bonds. The second-order valence-corrected chi connectivity index (χ2v) is 6.19. The number of nitrogens with one attached hydrogen (secondary N) is 1. The summed E-state index contributed by atoms with van der Waals surface area (Å²) < 4.78 is 5.23. The highest BCUT2D eigenvalue weighted by atomic mass is 32.1. The highest BCUT2D eigenvalue weighted by Crippen LogP contribution is 2.32. The Morgan fingerprint density at radius 3 is 2.87 bits per heavy atom. The van der Waals surface area contributed by atoms with E-state index in [0.29, 0.717) is 0 Å². The van der Waals surface area contributed by atoms with Gasteiger partial charge < -0.3 is 10.1 Å². The summed E-state index contributed by atoms with van der Waals surface area (Å²) in [5, 5.41) is 4.39. The predicted molar refractivity (Wildman–Crippen MR) is 92.9 cm³/mol. The zero-order chi connectivity index (χ0) is 16.2. The molecule has 0 spiro atoms. The largest absolute Gasteiger partial charge is 0.497 e. The van der Waals surface area contributed by atoms with E-state index in [4.69, 9.17) is 4.74 Å². The molecule has 6 heteroatoms. The quantitative estimate of drug-likeness (QED) is 0.765. The molecule has 0 aliphatic carbocycles. The lowest BCUT2D eigenvalue weighted by atomic mass is 10.2. The van der Waals surface area contributed by atoms with Crippen molar-refractivity contribution < 1.29 is 4.74 Å². The SMILES string of the molecule is COc1ccnc(N[C@H](C)c2sc(-c3cccnc3)nc2C)c1. The van der Waals surface area contributed by atoms with Gasteiger partial charge in [-0.05, 0) is 32.0 Å². The maximum atomic E-state index is 5.23. The third kappa shape index (κ3) is 3.48. The molecule has 3 aromatic rings. The van der Waals surface area contributed by atoms with Gasteiger partial charge in [0.2, 0.25) is 0 Å². The van der Waals surface area contributed by atoms with Crippen molar-refractivity contribution >= 4 is 17.2 Å². The van der Waals surface area contributed by atoms with Crippen molar-refractivity contribution in [3.63, 3.8) is 0 Å². The molecule has 3 aromatic heterocycles. The first kappa shape index (κ1) is 15.4. The molecule has 3 heterocycles. The Balaban J connectivity index is 1.82. The molecule has 23 heavy (non-hydrogen) atoms. The molecule has 0 radical (unpaired) electrons. The van der Waals surface area contributed by atoms with Gasteiger partial charge in [0.1, 0.15) is 16.6 Å². The van der Waals surface area contributed by atoms with Crippen LogP contribution in [-0.4, -0.2) is 22.1 Å². The fourth-order valence-electron chi connectivity index (χ4n) is 2.33. The van der Waals surface area contributed by atoms with Crippen LogP contribution in [0, 0.1) is 6.92 Å². The van der Waals surface area contributed by atoms with Crippen LogP contribution in [0.15, 0.2) is 42.9 Å². The highest BCUT2D eigenvalue weighted by Gasteiger charge is 2.16. The van der Waals surface area contributed by atoms with Crippen LogP contribution in [0.25, 0.3) is 10.6 Å². The van der Waals surface area contributed by atoms with Crippen LogP contribution in [0.3, 0.4) is 0 Å². The average Bonchev–Trinajstić information content (AvgIpc) is 2.98. The number of ether oxygens (including phenoxy) is 1. The Kier molecular flexibility index (Phi) is 4.52. The number of rotatable bonds is 5. The number of methoxy groups -OCH3 is 1. The van der Waals surface area contributed by atoms with Crippen molar-refractivity contribution in [1.29, 1.82) is 0 Å². The van der Waals surface area contributed by atoms with Crippen LogP contribution in [-0.2, 0) is 0 Å². The van der Waals surface area contributed by atoms with Crippen LogP contribution in [0.1, 0.15) is 23.5 Å². The Hall–Kier alpha value is -2.47. The number of hydrogen-bond donors (Lipinski definition) is 1. The Morgan fingerprint density at radius 2 is 2.13 bits per heavy atom. The van der Waals surface area contributed by atoms with E-state index in [2.05, 4.69) is 27.2 Å². The van der Waals surface area contributed by atoms with Gasteiger partial charge in [-0.3, -0.25) is 4.98 Å². The monoisotopic (exact) mass is 326 g/mol. The van der Waals surface area contributed by atoms with E-state index in [9.17, 15) is 0 Å². The molecule has 0 aromatic carbocycles. The van der Waals surface area contributed by atoms with Gasteiger partial charge in [0.25, 0.3) is 0 Å². The van der Waals surface area contributed by atoms with Crippen molar-refractivity contribution in [1.82, 2.24) is 15.0 Å². The first-order chi connectivity index (χ1) is 11.2. The van der Waals surface area contributed by atoms with Gasteiger partial charge in [-0.2, -0.15) is 0 Å². The lowest BCUT2D eigenvalue weighted by Crippen LogP contribution is -2.07. The summed E-state index contributed by atoms with van der Waals surface area (Å²) in [4.78, 5) is 14.3. The topological polar surface area (TPSA) is 59.9 Å². The molecule has 0 unspecified atom stereocenters. The third-order valence-electron chi connectivity index (χ3n) is 3.47. The zero-order valence-electron chi connectivity index (χ0n) is 13.3. The van der Waals surface area contributed by atoms with Crippen molar-refractivity contribution in [2.45, 2.75) is 19.9 Å². The van der Waals surface area contributed by atoms with E-state index in [1.807, 2.05) is 37.4 Å².